The molecule has 0 aromatic rings. The van der Waals surface area contributed by atoms with Crippen LogP contribution in [0.5, 0.6) is 0 Å². The zero-order valence-electron chi connectivity index (χ0n) is 10.6. The van der Waals surface area contributed by atoms with Crippen molar-refractivity contribution in [1.29, 1.82) is 0 Å². The van der Waals surface area contributed by atoms with Gasteiger partial charge in [-0.3, -0.25) is 0 Å². The number of ether oxygens (including phenoxy) is 2. The molecule has 0 aliphatic carbocycles. The predicted octanol–water partition coefficient (Wildman–Crippen LogP) is 0.899. The summed E-state index contributed by atoms with van der Waals surface area (Å²) in [4.78, 5) is 0. The Morgan fingerprint density at radius 2 is 2.38 bits per heavy atom. The van der Waals surface area contributed by atoms with Gasteiger partial charge in [0.1, 0.15) is 0 Å². The van der Waals surface area contributed by atoms with Gasteiger partial charge in [0.25, 0.3) is 0 Å². The summed E-state index contributed by atoms with van der Waals surface area (Å²) in [7, 11) is 1.72. The number of methoxy groups -OCH3 is 1. The fourth-order valence-electron chi connectivity index (χ4n) is 2.36. The van der Waals surface area contributed by atoms with Crippen LogP contribution in [0.15, 0.2) is 0 Å². The van der Waals surface area contributed by atoms with E-state index in [0.29, 0.717) is 12.6 Å². The molecular formula is C12H26N2O2. The maximum absolute atomic E-state index is 5.92. The Morgan fingerprint density at radius 1 is 1.56 bits per heavy atom. The van der Waals surface area contributed by atoms with Crippen LogP contribution >= 0.6 is 0 Å². The van der Waals surface area contributed by atoms with E-state index >= 15 is 0 Å². The molecule has 16 heavy (non-hydrogen) atoms. The molecule has 1 heterocycles. The Morgan fingerprint density at radius 3 is 3.00 bits per heavy atom. The fraction of sp³-hybridized carbons (Fsp3) is 1.00. The highest BCUT2D eigenvalue weighted by atomic mass is 16.5. The van der Waals surface area contributed by atoms with Gasteiger partial charge in [0.15, 0.2) is 0 Å². The molecule has 1 fully saturated rings. The van der Waals surface area contributed by atoms with Gasteiger partial charge in [-0.15, -0.1) is 0 Å². The normalized spacial score (nSPS) is 30.6. The molecular weight excluding hydrogens is 204 g/mol. The van der Waals surface area contributed by atoms with Crippen LogP contribution in [0.1, 0.15) is 32.6 Å². The van der Waals surface area contributed by atoms with Gasteiger partial charge in [-0.05, 0) is 19.3 Å². The minimum Gasteiger partial charge on any atom is -0.383 e. The van der Waals surface area contributed by atoms with Crippen molar-refractivity contribution in [1.82, 2.24) is 5.32 Å². The lowest BCUT2D eigenvalue weighted by atomic mass is 9.85. The van der Waals surface area contributed by atoms with Crippen molar-refractivity contribution in [3.8, 4) is 0 Å². The molecule has 4 heteroatoms. The first-order chi connectivity index (χ1) is 7.76. The highest BCUT2D eigenvalue weighted by molar-refractivity contribution is 4.94. The smallest absolute Gasteiger partial charge is 0.0593 e. The van der Waals surface area contributed by atoms with E-state index in [1.165, 1.54) is 6.42 Å². The van der Waals surface area contributed by atoms with Gasteiger partial charge in [-0.2, -0.15) is 0 Å². The van der Waals surface area contributed by atoms with Crippen molar-refractivity contribution in [2.24, 2.45) is 5.73 Å². The molecule has 1 rings (SSSR count). The second-order valence-corrected chi connectivity index (χ2v) is 4.64. The first-order valence-electron chi connectivity index (χ1n) is 6.32. The lowest BCUT2D eigenvalue weighted by Crippen LogP contribution is -2.57. The van der Waals surface area contributed by atoms with Gasteiger partial charge in [-0.25, -0.2) is 0 Å². The highest BCUT2D eigenvalue weighted by Gasteiger charge is 2.34. The van der Waals surface area contributed by atoms with E-state index in [0.717, 1.165) is 39.0 Å². The van der Waals surface area contributed by atoms with E-state index in [4.69, 9.17) is 15.2 Å². The summed E-state index contributed by atoms with van der Waals surface area (Å²) in [5.74, 6) is 0. The van der Waals surface area contributed by atoms with E-state index in [9.17, 15) is 0 Å². The van der Waals surface area contributed by atoms with E-state index in [2.05, 4.69) is 12.2 Å². The average molecular weight is 230 g/mol. The molecule has 1 aliphatic heterocycles. The Balaban J connectivity index is 2.43. The van der Waals surface area contributed by atoms with Crippen molar-refractivity contribution in [2.75, 3.05) is 33.4 Å². The third kappa shape index (κ3) is 4.01. The zero-order chi connectivity index (χ0) is 11.9. The van der Waals surface area contributed by atoms with E-state index in [1.54, 1.807) is 7.11 Å². The second-order valence-electron chi connectivity index (χ2n) is 4.64. The van der Waals surface area contributed by atoms with Gasteiger partial charge in [-0.1, -0.05) is 13.3 Å². The Hall–Kier alpha value is -0.160. The van der Waals surface area contributed by atoms with Gasteiger partial charge in [0, 0.05) is 32.3 Å². The van der Waals surface area contributed by atoms with Crippen LogP contribution in [0.3, 0.4) is 0 Å². The molecule has 2 atom stereocenters. The van der Waals surface area contributed by atoms with E-state index in [-0.39, 0.29) is 5.54 Å². The number of hydrogen-bond donors (Lipinski definition) is 2. The molecule has 2 unspecified atom stereocenters. The molecule has 96 valence electrons. The second kappa shape index (κ2) is 7.22. The number of rotatable bonds is 7. The van der Waals surface area contributed by atoms with Gasteiger partial charge >= 0.3 is 0 Å². The summed E-state index contributed by atoms with van der Waals surface area (Å²) in [6.07, 6.45) is 4.71. The maximum atomic E-state index is 5.92. The molecule has 1 saturated heterocycles. The zero-order valence-corrected chi connectivity index (χ0v) is 10.6. The monoisotopic (exact) mass is 230 g/mol. The van der Waals surface area contributed by atoms with Crippen LogP contribution in [0, 0.1) is 0 Å². The van der Waals surface area contributed by atoms with Crippen LogP contribution in [0.2, 0.25) is 0 Å². The van der Waals surface area contributed by atoms with E-state index in [1.807, 2.05) is 0 Å². The first kappa shape index (κ1) is 13.9. The summed E-state index contributed by atoms with van der Waals surface area (Å²) >= 11 is 0. The number of nitrogens with two attached hydrogens (primary N) is 1. The maximum Gasteiger partial charge on any atom is 0.0593 e. The molecule has 0 saturated carbocycles. The van der Waals surface area contributed by atoms with Crippen LogP contribution in [-0.4, -0.2) is 45.1 Å². The molecule has 4 nitrogen and oxygen atoms in total. The number of hydrogen-bond acceptors (Lipinski definition) is 4. The Bertz CT molecular complexity index is 188. The summed E-state index contributed by atoms with van der Waals surface area (Å²) < 4.78 is 10.8. The van der Waals surface area contributed by atoms with E-state index < -0.39 is 0 Å². The van der Waals surface area contributed by atoms with Crippen molar-refractivity contribution in [2.45, 2.75) is 44.2 Å². The first-order valence-corrected chi connectivity index (χ1v) is 6.32. The van der Waals surface area contributed by atoms with Crippen LogP contribution in [0.4, 0.5) is 0 Å². The van der Waals surface area contributed by atoms with Crippen LogP contribution < -0.4 is 11.1 Å². The molecule has 0 spiro atoms. The summed E-state index contributed by atoms with van der Waals surface area (Å²) in [5, 5.41) is 3.54. The molecule has 0 aromatic carbocycles. The Kier molecular flexibility index (Phi) is 6.28. The largest absolute Gasteiger partial charge is 0.383 e. The summed E-state index contributed by atoms with van der Waals surface area (Å²) in [6.45, 7) is 5.30. The molecule has 1 aliphatic rings. The third-order valence-corrected chi connectivity index (χ3v) is 3.36. The van der Waals surface area contributed by atoms with Crippen molar-refractivity contribution < 1.29 is 9.47 Å². The SMILES string of the molecule is CCCC1CC(CN)(NCCOC)CCO1. The van der Waals surface area contributed by atoms with Gasteiger partial charge < -0.3 is 20.5 Å². The van der Waals surface area contributed by atoms with Crippen molar-refractivity contribution in [3.05, 3.63) is 0 Å². The van der Waals surface area contributed by atoms with Crippen LogP contribution in [0.25, 0.3) is 0 Å². The third-order valence-electron chi connectivity index (χ3n) is 3.36. The molecule has 0 amide bonds. The minimum absolute atomic E-state index is 0.0661. The lowest BCUT2D eigenvalue weighted by Gasteiger charge is -2.41. The molecule has 3 N–H and O–H groups in total. The van der Waals surface area contributed by atoms with Crippen molar-refractivity contribution in [3.63, 3.8) is 0 Å². The standard InChI is InChI=1S/C12H26N2O2/c1-3-4-11-9-12(10-13,5-7-16-11)14-6-8-15-2/h11,14H,3-10,13H2,1-2H3. The Labute approximate surface area is 98.9 Å². The van der Waals surface area contributed by atoms with Gasteiger partial charge in [0.2, 0.25) is 0 Å². The topological polar surface area (TPSA) is 56.5 Å². The molecule has 0 aromatic heterocycles. The van der Waals surface area contributed by atoms with Gasteiger partial charge in [0.05, 0.1) is 12.7 Å². The van der Waals surface area contributed by atoms with Crippen LogP contribution in [-0.2, 0) is 9.47 Å². The summed E-state index contributed by atoms with van der Waals surface area (Å²) in [6, 6.07) is 0. The predicted molar refractivity (Wildman–Crippen MR) is 65.5 cm³/mol. The minimum atomic E-state index is 0.0661. The number of nitrogens with one attached hydrogen (secondary N) is 1. The quantitative estimate of drug-likeness (QED) is 0.638. The lowest BCUT2D eigenvalue weighted by molar-refractivity contribution is -0.0317. The molecule has 0 radical (unpaired) electrons. The average Bonchev–Trinajstić information content (AvgIpc) is 2.30. The summed E-state index contributed by atoms with van der Waals surface area (Å²) in [5.41, 5.74) is 5.99. The molecule has 0 bridgehead atoms. The van der Waals surface area contributed by atoms with Crippen molar-refractivity contribution >= 4 is 0 Å². The fourth-order valence-corrected chi connectivity index (χ4v) is 2.36. The highest BCUT2D eigenvalue weighted by Crippen LogP contribution is 2.26.